The summed E-state index contributed by atoms with van der Waals surface area (Å²) in [5.74, 6) is 0.165. The van der Waals surface area contributed by atoms with Crippen LogP contribution < -0.4 is 14.8 Å². The summed E-state index contributed by atoms with van der Waals surface area (Å²) in [4.78, 5) is 11.6. The van der Waals surface area contributed by atoms with E-state index in [1.54, 1.807) is 31.2 Å². The van der Waals surface area contributed by atoms with E-state index in [4.69, 9.17) is 4.74 Å². The highest BCUT2D eigenvalue weighted by Crippen LogP contribution is 2.28. The maximum Gasteiger partial charge on any atom is 0.261 e. The Kier molecular flexibility index (Phi) is 6.05. The number of methoxy groups -OCH3 is 1. The molecule has 0 bridgehead atoms. The first-order valence-corrected chi connectivity index (χ1v) is 9.68. The summed E-state index contributed by atoms with van der Waals surface area (Å²) in [7, 11) is -2.32. The molecule has 24 heavy (non-hydrogen) atoms. The minimum Gasteiger partial charge on any atom is -0.495 e. The van der Waals surface area contributed by atoms with Crippen LogP contribution in [0.1, 0.15) is 13.3 Å². The van der Waals surface area contributed by atoms with Crippen molar-refractivity contribution in [3.05, 3.63) is 46.0 Å². The normalized spacial score (nSPS) is 11.0. The monoisotopic (exact) mass is 460 g/mol. The second-order valence-electron chi connectivity index (χ2n) is 4.88. The zero-order valence-corrected chi connectivity index (χ0v) is 16.1. The van der Waals surface area contributed by atoms with Crippen LogP contribution in [0.2, 0.25) is 0 Å². The number of hydrogen-bond donors (Lipinski definition) is 2. The molecule has 8 heteroatoms. The lowest BCUT2D eigenvalue weighted by molar-refractivity contribution is -0.115. The number of halogens is 1. The van der Waals surface area contributed by atoms with E-state index in [0.717, 1.165) is 3.57 Å². The molecular formula is C16H17IN2O4S. The van der Waals surface area contributed by atoms with E-state index < -0.39 is 10.0 Å². The number of anilines is 2. The Hall–Kier alpha value is -1.81. The molecule has 2 aromatic carbocycles. The fourth-order valence-corrected chi connectivity index (χ4v) is 3.37. The smallest absolute Gasteiger partial charge is 0.261 e. The topological polar surface area (TPSA) is 84.5 Å². The van der Waals surface area contributed by atoms with Crippen LogP contribution in [0.5, 0.6) is 5.75 Å². The van der Waals surface area contributed by atoms with Crippen molar-refractivity contribution in [3.63, 3.8) is 0 Å². The highest BCUT2D eigenvalue weighted by molar-refractivity contribution is 14.1. The molecule has 0 spiro atoms. The van der Waals surface area contributed by atoms with Crippen LogP contribution in [0.4, 0.5) is 11.4 Å². The van der Waals surface area contributed by atoms with Gasteiger partial charge in [-0.2, -0.15) is 0 Å². The molecule has 0 aliphatic carbocycles. The molecule has 0 atom stereocenters. The van der Waals surface area contributed by atoms with Gasteiger partial charge < -0.3 is 10.1 Å². The van der Waals surface area contributed by atoms with Crippen molar-refractivity contribution in [2.24, 2.45) is 0 Å². The van der Waals surface area contributed by atoms with Gasteiger partial charge >= 0.3 is 0 Å². The predicted octanol–water partition coefficient (Wildman–Crippen LogP) is 3.45. The van der Waals surface area contributed by atoms with Gasteiger partial charge in [0, 0.05) is 15.7 Å². The lowest BCUT2D eigenvalue weighted by atomic mass is 10.3. The highest BCUT2D eigenvalue weighted by Gasteiger charge is 2.17. The molecule has 128 valence electrons. The first kappa shape index (κ1) is 18.5. The Morgan fingerprint density at radius 3 is 2.42 bits per heavy atom. The maximum absolute atomic E-state index is 12.5. The van der Waals surface area contributed by atoms with Gasteiger partial charge in [-0.1, -0.05) is 6.92 Å². The number of sulfonamides is 1. The molecule has 1 amide bonds. The zero-order chi connectivity index (χ0) is 17.7. The van der Waals surface area contributed by atoms with Gasteiger partial charge in [-0.15, -0.1) is 0 Å². The average Bonchev–Trinajstić information content (AvgIpc) is 2.56. The van der Waals surface area contributed by atoms with Crippen molar-refractivity contribution in [1.29, 1.82) is 0 Å². The van der Waals surface area contributed by atoms with E-state index in [0.29, 0.717) is 17.1 Å². The summed E-state index contributed by atoms with van der Waals surface area (Å²) >= 11 is 2.14. The second-order valence-corrected chi connectivity index (χ2v) is 7.80. The van der Waals surface area contributed by atoms with Crippen molar-refractivity contribution in [1.82, 2.24) is 0 Å². The van der Waals surface area contributed by atoms with E-state index in [1.165, 1.54) is 25.3 Å². The zero-order valence-electron chi connectivity index (χ0n) is 13.2. The van der Waals surface area contributed by atoms with Gasteiger partial charge in [0.05, 0.1) is 17.7 Å². The standard InChI is InChI=1S/C16H17IN2O4S/c1-3-16(20)18-14-10-13(8-9-15(14)23-2)24(21,22)19-12-6-4-11(17)5-7-12/h4-10,19H,3H2,1-2H3,(H,18,20). The molecule has 0 aromatic heterocycles. The van der Waals surface area contributed by atoms with Gasteiger partial charge in [0.25, 0.3) is 10.0 Å². The number of nitrogens with one attached hydrogen (secondary N) is 2. The van der Waals surface area contributed by atoms with Gasteiger partial charge in [0.1, 0.15) is 5.75 Å². The molecule has 0 fully saturated rings. The van der Waals surface area contributed by atoms with Crippen LogP contribution in [-0.4, -0.2) is 21.4 Å². The Morgan fingerprint density at radius 1 is 1.17 bits per heavy atom. The maximum atomic E-state index is 12.5. The molecular weight excluding hydrogens is 443 g/mol. The minimum absolute atomic E-state index is 0.0354. The van der Waals surface area contributed by atoms with Gasteiger partial charge in [-0.05, 0) is 65.1 Å². The molecule has 2 rings (SSSR count). The summed E-state index contributed by atoms with van der Waals surface area (Å²) in [6.45, 7) is 1.71. The molecule has 2 aromatic rings. The predicted molar refractivity (Wildman–Crippen MR) is 102 cm³/mol. The Balaban J connectivity index is 2.33. The van der Waals surface area contributed by atoms with Gasteiger partial charge in [-0.25, -0.2) is 8.42 Å². The fraction of sp³-hybridized carbons (Fsp3) is 0.188. The molecule has 2 N–H and O–H groups in total. The van der Waals surface area contributed by atoms with E-state index in [1.807, 2.05) is 0 Å². The minimum atomic E-state index is -3.78. The molecule has 0 radical (unpaired) electrons. The third kappa shape index (κ3) is 4.60. The van der Waals surface area contributed by atoms with E-state index in [2.05, 4.69) is 32.6 Å². The number of amides is 1. The average molecular weight is 460 g/mol. The van der Waals surface area contributed by atoms with E-state index in [9.17, 15) is 13.2 Å². The molecule has 0 heterocycles. The van der Waals surface area contributed by atoms with Crippen molar-refractivity contribution < 1.29 is 17.9 Å². The van der Waals surface area contributed by atoms with Gasteiger partial charge in [0.15, 0.2) is 0 Å². The first-order chi connectivity index (χ1) is 11.4. The summed E-state index contributed by atoms with van der Waals surface area (Å²) < 4.78 is 33.7. The Labute approximate surface area is 154 Å². The van der Waals surface area contributed by atoms with Crippen LogP contribution in [0, 0.1) is 3.57 Å². The van der Waals surface area contributed by atoms with Crippen LogP contribution in [0.3, 0.4) is 0 Å². The Morgan fingerprint density at radius 2 is 1.83 bits per heavy atom. The van der Waals surface area contributed by atoms with E-state index in [-0.39, 0.29) is 17.2 Å². The quantitative estimate of drug-likeness (QED) is 0.647. The number of hydrogen-bond acceptors (Lipinski definition) is 4. The van der Waals surface area contributed by atoms with Gasteiger partial charge in [0.2, 0.25) is 5.91 Å². The molecule has 6 nitrogen and oxygen atoms in total. The third-order valence-electron chi connectivity index (χ3n) is 3.17. The largest absolute Gasteiger partial charge is 0.495 e. The van der Waals surface area contributed by atoms with Crippen molar-refractivity contribution in [2.45, 2.75) is 18.2 Å². The summed E-state index contributed by atoms with van der Waals surface area (Å²) in [5.41, 5.74) is 0.778. The van der Waals surface area contributed by atoms with Crippen molar-refractivity contribution in [2.75, 3.05) is 17.1 Å². The summed E-state index contributed by atoms with van der Waals surface area (Å²) in [6.07, 6.45) is 0.279. The van der Waals surface area contributed by atoms with Crippen molar-refractivity contribution >= 4 is 49.9 Å². The fourth-order valence-electron chi connectivity index (χ4n) is 1.92. The highest BCUT2D eigenvalue weighted by atomic mass is 127. The molecule has 0 aliphatic rings. The van der Waals surface area contributed by atoms with Crippen LogP contribution in [0.25, 0.3) is 0 Å². The van der Waals surface area contributed by atoms with Gasteiger partial charge in [-0.3, -0.25) is 9.52 Å². The number of carbonyl (C=O) groups is 1. The molecule has 0 saturated heterocycles. The number of rotatable bonds is 6. The molecule has 0 aliphatic heterocycles. The molecule has 0 unspecified atom stereocenters. The first-order valence-electron chi connectivity index (χ1n) is 7.12. The number of benzene rings is 2. The third-order valence-corrected chi connectivity index (χ3v) is 5.27. The SMILES string of the molecule is CCC(=O)Nc1cc(S(=O)(=O)Nc2ccc(I)cc2)ccc1OC. The Bertz CT molecular complexity index is 836. The summed E-state index contributed by atoms with van der Waals surface area (Å²) in [6, 6.07) is 11.3. The lowest BCUT2D eigenvalue weighted by Gasteiger charge is -2.13. The number of carbonyl (C=O) groups excluding carboxylic acids is 1. The summed E-state index contributed by atoms with van der Waals surface area (Å²) in [5, 5.41) is 2.64. The lowest BCUT2D eigenvalue weighted by Crippen LogP contribution is -2.15. The van der Waals surface area contributed by atoms with Crippen LogP contribution in [0.15, 0.2) is 47.4 Å². The number of ether oxygens (including phenoxy) is 1. The second kappa shape index (κ2) is 7.84. The molecule has 0 saturated carbocycles. The van der Waals surface area contributed by atoms with E-state index >= 15 is 0 Å². The van der Waals surface area contributed by atoms with Crippen LogP contribution >= 0.6 is 22.6 Å². The van der Waals surface area contributed by atoms with Crippen molar-refractivity contribution in [3.8, 4) is 5.75 Å². The van der Waals surface area contributed by atoms with Crippen LogP contribution in [-0.2, 0) is 14.8 Å².